The first kappa shape index (κ1) is 33.6. The molecule has 0 spiro atoms. The molecule has 0 aliphatic heterocycles. The van der Waals surface area contributed by atoms with Gasteiger partial charge in [0.1, 0.15) is 5.82 Å². The lowest BCUT2D eigenvalue weighted by molar-refractivity contribution is -0.141. The van der Waals surface area contributed by atoms with E-state index in [1.807, 2.05) is 27.7 Å². The molecular weight excluding hydrogens is 605 g/mol. The molecule has 0 aliphatic carbocycles. The number of benzene rings is 2. The zero-order valence-electron chi connectivity index (χ0n) is 21.2. The summed E-state index contributed by atoms with van der Waals surface area (Å²) < 4.78 is 102. The van der Waals surface area contributed by atoms with Crippen molar-refractivity contribution in [1.82, 2.24) is 9.55 Å². The maximum absolute atomic E-state index is 14.2. The number of aryl methyl sites for hydroxylation is 1. The number of ether oxygens (including phenoxy) is 2. The average Bonchev–Trinajstić information content (AvgIpc) is 3.28. The molecule has 2 aromatic carbocycles. The van der Waals surface area contributed by atoms with E-state index in [0.717, 1.165) is 4.57 Å². The zero-order valence-corrected chi connectivity index (χ0v) is 22.8. The number of imidazole rings is 1. The van der Waals surface area contributed by atoms with Crippen LogP contribution in [0, 0.1) is 18.6 Å². The number of halogens is 8. The van der Waals surface area contributed by atoms with Gasteiger partial charge in [-0.3, -0.25) is 9.59 Å². The molecule has 39 heavy (non-hydrogen) atoms. The highest BCUT2D eigenvalue weighted by Gasteiger charge is 2.35. The van der Waals surface area contributed by atoms with Crippen LogP contribution in [0.2, 0.25) is 0 Å². The molecule has 214 valence electrons. The van der Waals surface area contributed by atoms with Crippen molar-refractivity contribution in [2.24, 2.45) is 0 Å². The van der Waals surface area contributed by atoms with Crippen LogP contribution >= 0.6 is 15.9 Å². The molecule has 1 heterocycles. The van der Waals surface area contributed by atoms with Crippen molar-refractivity contribution in [3.63, 3.8) is 0 Å². The topological polar surface area (TPSA) is 70.4 Å². The van der Waals surface area contributed by atoms with Crippen LogP contribution in [-0.4, -0.2) is 28.4 Å². The number of aromatic nitrogens is 2. The predicted molar refractivity (Wildman–Crippen MR) is 131 cm³/mol. The van der Waals surface area contributed by atoms with Crippen molar-refractivity contribution < 1.29 is 49.8 Å². The van der Waals surface area contributed by atoms with Gasteiger partial charge in [0.25, 0.3) is 6.47 Å². The molecule has 0 bridgehead atoms. The number of Topliss-reactive ketones (excluding diaryl/α,β-unsaturated/α-hetero) is 1. The summed E-state index contributed by atoms with van der Waals surface area (Å²) in [6.45, 7) is 5.51. The lowest BCUT2D eigenvalue weighted by atomic mass is 9.97. The first-order valence-corrected chi connectivity index (χ1v) is 12.1. The summed E-state index contributed by atoms with van der Waals surface area (Å²) in [5.41, 5.74) is -2.25. The predicted octanol–water partition coefficient (Wildman–Crippen LogP) is 7.99. The van der Waals surface area contributed by atoms with Crippen molar-refractivity contribution in [3.05, 3.63) is 75.3 Å². The number of carbonyl (C=O) groups excluding carboxylic acids is 2. The second-order valence-electron chi connectivity index (χ2n) is 6.87. The molecule has 0 saturated heterocycles. The van der Waals surface area contributed by atoms with Crippen LogP contribution in [0.1, 0.15) is 61.2 Å². The van der Waals surface area contributed by atoms with Gasteiger partial charge in [0.05, 0.1) is 5.69 Å². The maximum atomic E-state index is 14.2. The molecule has 3 aromatic rings. The van der Waals surface area contributed by atoms with Gasteiger partial charge in [-0.2, -0.15) is 22.0 Å². The van der Waals surface area contributed by atoms with Gasteiger partial charge in [-0.1, -0.05) is 43.6 Å². The number of ketones is 1. The standard InChI is InChI=1S/C21H12BrF7N2O4.2C2H6/c1-9-30-16(21(27,28)29)7-31(9)15-3-2-11(22)6-12(15)17(33)18(34-8-32)10-4-13(23)19(14(24)5-10)35-20(25)26;2*1-2/h2-8,18,20H,1H3;2*1-2H3. The van der Waals surface area contributed by atoms with E-state index in [9.17, 15) is 40.3 Å². The highest BCUT2D eigenvalue weighted by Crippen LogP contribution is 2.34. The van der Waals surface area contributed by atoms with Gasteiger partial charge in [0.15, 0.2) is 29.2 Å². The second-order valence-corrected chi connectivity index (χ2v) is 7.79. The molecule has 3 rings (SSSR count). The molecule has 1 aromatic heterocycles. The van der Waals surface area contributed by atoms with Gasteiger partial charge >= 0.3 is 12.8 Å². The Morgan fingerprint density at radius 3 is 2.08 bits per heavy atom. The summed E-state index contributed by atoms with van der Waals surface area (Å²) in [5.74, 6) is -5.87. The molecule has 0 fully saturated rings. The SMILES string of the molecule is CC.CC.Cc1nc(C(F)(F)F)cn1-c1ccc(Br)cc1C(=O)C(OC=O)c1cc(F)c(OC(F)F)c(F)c1. The summed E-state index contributed by atoms with van der Waals surface area (Å²) in [7, 11) is 0. The molecule has 1 atom stereocenters. The van der Waals surface area contributed by atoms with Crippen LogP contribution in [0.3, 0.4) is 0 Å². The number of rotatable bonds is 8. The third-order valence-corrected chi connectivity index (χ3v) is 5.11. The fraction of sp³-hybridized carbons (Fsp3) is 0.320. The Hall–Kier alpha value is -3.42. The zero-order chi connectivity index (χ0) is 30.1. The summed E-state index contributed by atoms with van der Waals surface area (Å²) >= 11 is 3.12. The third kappa shape index (κ3) is 8.28. The van der Waals surface area contributed by atoms with Crippen LogP contribution in [0.25, 0.3) is 5.69 Å². The normalized spacial score (nSPS) is 11.5. The van der Waals surface area contributed by atoms with Gasteiger partial charge in [-0.25, -0.2) is 13.8 Å². The molecular formula is C25H24BrF7N2O4. The fourth-order valence-corrected chi connectivity index (χ4v) is 3.55. The highest BCUT2D eigenvalue weighted by molar-refractivity contribution is 9.10. The molecule has 0 amide bonds. The maximum Gasteiger partial charge on any atom is 0.434 e. The van der Waals surface area contributed by atoms with E-state index in [0.29, 0.717) is 22.8 Å². The second kappa shape index (κ2) is 14.7. The van der Waals surface area contributed by atoms with E-state index in [-0.39, 0.29) is 23.5 Å². The van der Waals surface area contributed by atoms with Crippen LogP contribution < -0.4 is 4.74 Å². The fourth-order valence-electron chi connectivity index (χ4n) is 3.19. The molecule has 6 nitrogen and oxygen atoms in total. The number of hydrogen-bond acceptors (Lipinski definition) is 5. The van der Waals surface area contributed by atoms with E-state index in [1.165, 1.54) is 25.1 Å². The van der Waals surface area contributed by atoms with E-state index in [4.69, 9.17) is 4.74 Å². The summed E-state index contributed by atoms with van der Waals surface area (Å²) in [6, 6.07) is 4.77. The Balaban J connectivity index is 0.00000181. The van der Waals surface area contributed by atoms with E-state index < -0.39 is 53.3 Å². The Bertz CT molecular complexity index is 1260. The molecule has 14 heteroatoms. The number of nitrogens with zero attached hydrogens (tertiary/aromatic N) is 2. The van der Waals surface area contributed by atoms with Crippen molar-refractivity contribution in [3.8, 4) is 11.4 Å². The summed E-state index contributed by atoms with van der Waals surface area (Å²) in [6.07, 6.45) is -6.13. The van der Waals surface area contributed by atoms with E-state index in [2.05, 4.69) is 25.7 Å². The van der Waals surface area contributed by atoms with Gasteiger partial charge in [0.2, 0.25) is 5.78 Å². The van der Waals surface area contributed by atoms with Crippen molar-refractivity contribution in [2.45, 2.75) is 53.5 Å². The number of alkyl halides is 5. The Morgan fingerprint density at radius 1 is 1.05 bits per heavy atom. The van der Waals surface area contributed by atoms with Crippen molar-refractivity contribution in [1.29, 1.82) is 0 Å². The van der Waals surface area contributed by atoms with Gasteiger partial charge < -0.3 is 14.0 Å². The first-order valence-electron chi connectivity index (χ1n) is 11.3. The summed E-state index contributed by atoms with van der Waals surface area (Å²) in [5, 5.41) is 0. The quantitative estimate of drug-likeness (QED) is 0.144. The van der Waals surface area contributed by atoms with Gasteiger partial charge in [-0.15, -0.1) is 0 Å². The smallest absolute Gasteiger partial charge is 0.434 e. The average molecular weight is 629 g/mol. The molecule has 0 saturated carbocycles. The minimum absolute atomic E-state index is 0.114. The first-order chi connectivity index (χ1) is 18.3. The minimum Gasteiger partial charge on any atom is -0.451 e. The Kier molecular flexibility index (Phi) is 12.6. The lowest BCUT2D eigenvalue weighted by Gasteiger charge is -2.19. The van der Waals surface area contributed by atoms with Crippen LogP contribution in [0.4, 0.5) is 30.7 Å². The molecule has 0 radical (unpaired) electrons. The molecule has 0 N–H and O–H groups in total. The molecule has 1 unspecified atom stereocenters. The van der Waals surface area contributed by atoms with E-state index in [1.54, 1.807) is 0 Å². The number of carbonyl (C=O) groups is 2. The van der Waals surface area contributed by atoms with Gasteiger partial charge in [0, 0.05) is 21.8 Å². The monoisotopic (exact) mass is 628 g/mol. The Labute approximate surface area is 227 Å². The number of hydrogen-bond donors (Lipinski definition) is 0. The van der Waals surface area contributed by atoms with Crippen LogP contribution in [0.5, 0.6) is 5.75 Å². The summed E-state index contributed by atoms with van der Waals surface area (Å²) in [4.78, 5) is 27.8. The third-order valence-electron chi connectivity index (χ3n) is 4.62. The van der Waals surface area contributed by atoms with Crippen LogP contribution in [-0.2, 0) is 15.7 Å². The van der Waals surface area contributed by atoms with Crippen molar-refractivity contribution in [2.75, 3.05) is 0 Å². The van der Waals surface area contributed by atoms with Crippen LogP contribution in [0.15, 0.2) is 41.0 Å². The lowest BCUT2D eigenvalue weighted by Crippen LogP contribution is -2.19. The highest BCUT2D eigenvalue weighted by atomic mass is 79.9. The largest absolute Gasteiger partial charge is 0.451 e. The Morgan fingerprint density at radius 2 is 1.62 bits per heavy atom. The van der Waals surface area contributed by atoms with E-state index >= 15 is 0 Å². The minimum atomic E-state index is -4.78. The van der Waals surface area contributed by atoms with Gasteiger partial charge in [-0.05, 0) is 37.3 Å². The molecule has 0 aliphatic rings. The van der Waals surface area contributed by atoms with Crippen molar-refractivity contribution >= 4 is 28.2 Å².